The number of carbonyl (C=O) groups excluding carboxylic acids is 5. The Hall–Kier alpha value is -6.41. The first-order valence-corrected chi connectivity index (χ1v) is 31.9. The van der Waals surface area contributed by atoms with Crippen molar-refractivity contribution in [3.63, 3.8) is 0 Å². The Kier molecular flexibility index (Phi) is 21.1. The number of pyridine rings is 3. The Bertz CT molecular complexity index is 4170. The predicted molar refractivity (Wildman–Crippen MR) is 354 cm³/mol. The fourth-order valence-electron chi connectivity index (χ4n) is 15.9. The molecule has 3 aliphatic heterocycles. The summed E-state index contributed by atoms with van der Waals surface area (Å²) in [5, 5.41) is 21.5. The van der Waals surface area contributed by atoms with E-state index in [1.807, 2.05) is 0 Å². The maximum Gasteiger partial charge on any atom is 1.00 e. The minimum absolute atomic E-state index is 0. The first kappa shape index (κ1) is 71.9. The van der Waals surface area contributed by atoms with E-state index in [0.717, 1.165) is 103 Å². The molecule has 12 N–H and O–H groups in total. The van der Waals surface area contributed by atoms with Crippen LogP contribution in [0.4, 0.5) is 46.3 Å². The van der Waals surface area contributed by atoms with Gasteiger partial charge in [0.25, 0.3) is 34.4 Å². The van der Waals surface area contributed by atoms with Crippen LogP contribution in [0.3, 0.4) is 0 Å². The smallest absolute Gasteiger partial charge is 0.870 e. The molecule has 32 heteroatoms. The molecule has 0 atom stereocenters. The van der Waals surface area contributed by atoms with Gasteiger partial charge in [-0.15, -0.1) is 0 Å². The number of rotatable bonds is 8. The van der Waals surface area contributed by atoms with Gasteiger partial charge >= 0.3 is 51.4 Å². The second-order valence-electron chi connectivity index (χ2n) is 24.8. The summed E-state index contributed by atoms with van der Waals surface area (Å²) in [7, 11) is 0. The minimum Gasteiger partial charge on any atom is -0.870 e. The van der Waals surface area contributed by atoms with E-state index in [0.29, 0.717) is 56.1 Å². The van der Waals surface area contributed by atoms with Crippen LogP contribution in [0.15, 0.2) is 74.2 Å². The summed E-state index contributed by atoms with van der Waals surface area (Å²) in [4.78, 5) is 124. The van der Waals surface area contributed by atoms with Crippen LogP contribution in [0.25, 0.3) is 0 Å². The third-order valence-corrected chi connectivity index (χ3v) is 21.4. The minimum atomic E-state index is -0.681. The van der Waals surface area contributed by atoms with Gasteiger partial charge in [-0.25, -0.2) is 29.9 Å². The molecule has 0 unspecified atom stereocenters. The van der Waals surface area contributed by atoms with Crippen molar-refractivity contribution in [1.82, 2.24) is 59.6 Å². The zero-order chi connectivity index (χ0) is 62.0. The third-order valence-electron chi connectivity index (χ3n) is 20.0. The number of aromatic nitrogens is 9. The maximum atomic E-state index is 13.5. The molecule has 6 aromatic rings. The number of nitrogens with one attached hydrogen (secondary N) is 7. The summed E-state index contributed by atoms with van der Waals surface area (Å²) in [5.74, 6) is 3.34. The quantitative estimate of drug-likeness (QED) is 0.0782. The number of nitrogens with two attached hydrogens (primary N) is 2. The van der Waals surface area contributed by atoms with Gasteiger partial charge in [-0.1, -0.05) is 57.1 Å². The van der Waals surface area contributed by atoms with Crippen LogP contribution in [0.5, 0.6) is 0 Å². The number of amides is 5. The first-order chi connectivity index (χ1) is 42.8. The zero-order valence-corrected chi connectivity index (χ0v) is 56.0. The summed E-state index contributed by atoms with van der Waals surface area (Å²) < 4.78 is 5.24. The third kappa shape index (κ3) is 12.1. The van der Waals surface area contributed by atoms with Crippen LogP contribution in [0.1, 0.15) is 156 Å². The van der Waals surface area contributed by atoms with Gasteiger partial charge < -0.3 is 54.2 Å². The summed E-state index contributed by atoms with van der Waals surface area (Å²) in [6.45, 7) is 0. The molecule has 0 saturated heterocycles. The van der Waals surface area contributed by atoms with Crippen molar-refractivity contribution in [1.29, 1.82) is 0 Å². The monoisotopic (exact) mass is 1440 g/mol. The topological polar surface area (TPSA) is 395 Å². The Labute approximate surface area is 606 Å². The summed E-state index contributed by atoms with van der Waals surface area (Å²) in [6.07, 6.45) is 20.0. The van der Waals surface area contributed by atoms with Crippen molar-refractivity contribution in [3.8, 4) is 0 Å². The van der Waals surface area contributed by atoms with E-state index >= 15 is 0 Å². The molecule has 6 bridgehead atoms. The second-order valence-corrected chi connectivity index (χ2v) is 26.9. The van der Waals surface area contributed by atoms with Crippen molar-refractivity contribution in [2.45, 2.75) is 142 Å². The van der Waals surface area contributed by atoms with E-state index < -0.39 is 17.0 Å². The number of anilines is 8. The van der Waals surface area contributed by atoms with Gasteiger partial charge in [0, 0.05) is 65.5 Å². The van der Waals surface area contributed by atoms with Crippen LogP contribution in [0.2, 0.25) is 15.1 Å². The van der Waals surface area contributed by atoms with Gasteiger partial charge in [0.05, 0.1) is 19.5 Å². The zero-order valence-electron chi connectivity index (χ0n) is 49.0. The van der Waals surface area contributed by atoms with E-state index in [9.17, 15) is 38.4 Å². The number of fused-ring (bicyclic) bond motifs is 3. The maximum absolute atomic E-state index is 13.5. The molecule has 9 heterocycles. The average molecular weight is 1440 g/mol. The SMILES string of the molecule is C.C.C.Nc1cc(NC(=O)C2CC2)ncn1.Nc1cc(Nc2cc(Cl)c3n(c2=O)C2(NC3=O)C3CCC2CC3)ncn1.O=C1NC2(C3CCC2CC3)n2c1c(Cl)cc(Br)c2=O.O=C1NC2(C3CCC2CC3)n2c1c(Cl)cc(Nc1cc(NC(=O)C3CC3)ncn1)c2=O.[K+].[OH-]. The Morgan fingerprint density at radius 3 is 1.07 bits per heavy atom. The molecular weight excluding hydrogens is 1370 g/mol. The molecule has 0 aromatic carbocycles. The van der Waals surface area contributed by atoms with Crippen molar-refractivity contribution >= 4 is 127 Å². The fraction of sp³-hybridized carbons (Fsp3) is 0.484. The van der Waals surface area contributed by atoms with Gasteiger partial charge in [-0.05, 0) is 137 Å². The molecule has 8 saturated carbocycles. The molecule has 3 spiro atoms. The van der Waals surface area contributed by atoms with Crippen molar-refractivity contribution in [2.75, 3.05) is 32.7 Å². The molecule has 8 fully saturated rings. The summed E-state index contributed by atoms with van der Waals surface area (Å²) >= 11 is 22.3. The van der Waals surface area contributed by atoms with Gasteiger partial charge in [-0.2, -0.15) is 0 Å². The van der Waals surface area contributed by atoms with E-state index in [1.54, 1.807) is 25.8 Å². The number of nitrogen functional groups attached to an aromatic ring is 2. The number of hydrogen-bond acceptors (Lipinski definition) is 19. The largest absolute Gasteiger partial charge is 1.00 e. The fourth-order valence-corrected chi connectivity index (χ4v) is 17.3. The van der Waals surface area contributed by atoms with Gasteiger partial charge in [0.1, 0.15) is 99.3 Å². The number of hydrogen-bond donors (Lipinski definition) is 9. The van der Waals surface area contributed by atoms with Crippen LogP contribution < -0.4 is 117 Å². The number of halogens is 4. The standard InChI is InChI=1S/C21H21ClN6O3.C17H17ClN6O2.C13H12BrClN2O2.C8H10N4O.3CH4.K.H2O/c22-13-7-14(25-15-8-16(24-9-23-15)26-18(29)10-1-2-10)20(31)28-17(13)19(30)27-21(28)11-3-4-12(21)6-5-11;18-10-5-11(22-13-6-12(19)20-7-21-13)16(26)24-14(10)15(25)23-17(24)8-1-2-9(17)4-3-8;14-8-5-9(15)10-11(18)16-13(17(10)12(8)19)6-1-2-7(13)4-3-6;9-6-3-7(11-4-10-6)12-8(13)5-1-2-5;;;;;/h7-12H,1-6H2,(H,27,30)(H2,23,24,25,26,29);5-9H,1-4H2,(H,23,25)(H3,19,20,21,22);5-7H,1-4H2,(H,16,18);3-5H,1-2H2,(H3,9,10,11,12,13);3*1H4;;1H2/q;;;;;;;+1;/p-1. The molecule has 17 rings (SSSR count). The molecule has 8 aliphatic carbocycles. The average Bonchev–Trinajstić information content (AvgIpc) is 1.55. The molecular formula is C62H73BrCl3KN18O9. The van der Waals surface area contributed by atoms with Crippen LogP contribution in [0, 0.1) is 47.3 Å². The van der Waals surface area contributed by atoms with Gasteiger partial charge in [0.15, 0.2) is 0 Å². The van der Waals surface area contributed by atoms with Gasteiger partial charge in [-0.3, -0.25) is 52.1 Å². The van der Waals surface area contributed by atoms with E-state index in [4.69, 9.17) is 46.3 Å². The Balaban J connectivity index is 0.000000151. The van der Waals surface area contributed by atoms with Crippen molar-refractivity contribution < 1.29 is 80.8 Å². The van der Waals surface area contributed by atoms with Crippen molar-refractivity contribution in [3.05, 3.63) is 123 Å². The van der Waals surface area contributed by atoms with Crippen LogP contribution in [-0.4, -0.2) is 78.6 Å². The summed E-state index contributed by atoms with van der Waals surface area (Å²) in [5.41, 5.74) is 9.82. The Morgan fingerprint density at radius 1 is 0.447 bits per heavy atom. The first-order valence-electron chi connectivity index (χ1n) is 29.9. The van der Waals surface area contributed by atoms with E-state index in [2.05, 4.69) is 83.1 Å². The normalized spacial score (nSPS) is 26.3. The van der Waals surface area contributed by atoms with E-state index in [1.165, 1.54) is 43.2 Å². The second kappa shape index (κ2) is 27.6. The molecule has 0 radical (unpaired) electrons. The van der Waals surface area contributed by atoms with E-state index in [-0.39, 0.29) is 199 Å². The molecule has 94 heavy (non-hydrogen) atoms. The molecule has 5 amide bonds. The molecule has 27 nitrogen and oxygen atoms in total. The predicted octanol–water partition coefficient (Wildman–Crippen LogP) is 6.06. The molecule has 6 aromatic heterocycles. The number of nitrogens with zero attached hydrogens (tertiary/aromatic N) is 9. The number of carbonyl (C=O) groups is 5. The Morgan fingerprint density at radius 2 is 0.734 bits per heavy atom. The van der Waals surface area contributed by atoms with Gasteiger partial charge in [0.2, 0.25) is 11.8 Å². The van der Waals surface area contributed by atoms with Crippen LogP contribution >= 0.6 is 50.7 Å². The molecule has 494 valence electrons. The summed E-state index contributed by atoms with van der Waals surface area (Å²) in [6, 6.07) is 9.11. The van der Waals surface area contributed by atoms with Crippen molar-refractivity contribution in [2.24, 2.45) is 47.3 Å². The van der Waals surface area contributed by atoms with Crippen LogP contribution in [-0.2, 0) is 26.6 Å². The molecule has 11 aliphatic rings.